The SMILES string of the molecule is CC(C)(N)CCC(=O)NC(CCC(=O)O)c1ccccc1. The van der Waals surface area contributed by atoms with E-state index in [-0.39, 0.29) is 23.9 Å². The number of carbonyl (C=O) groups is 2. The van der Waals surface area contributed by atoms with Gasteiger partial charge in [-0.3, -0.25) is 9.59 Å². The van der Waals surface area contributed by atoms with Crippen molar-refractivity contribution in [1.82, 2.24) is 5.32 Å². The van der Waals surface area contributed by atoms with Crippen LogP contribution in [0.2, 0.25) is 0 Å². The summed E-state index contributed by atoms with van der Waals surface area (Å²) in [5.41, 5.74) is 6.39. The molecule has 1 amide bonds. The van der Waals surface area contributed by atoms with Crippen LogP contribution in [0.4, 0.5) is 0 Å². The van der Waals surface area contributed by atoms with Crippen molar-refractivity contribution < 1.29 is 14.7 Å². The molecule has 5 nitrogen and oxygen atoms in total. The summed E-state index contributed by atoms with van der Waals surface area (Å²) in [7, 11) is 0. The van der Waals surface area contributed by atoms with Gasteiger partial charge in [0, 0.05) is 18.4 Å². The average Bonchev–Trinajstić information content (AvgIpc) is 2.41. The van der Waals surface area contributed by atoms with Crippen LogP contribution in [0.5, 0.6) is 0 Å². The summed E-state index contributed by atoms with van der Waals surface area (Å²) in [6.45, 7) is 3.75. The van der Waals surface area contributed by atoms with Crippen LogP contribution in [-0.4, -0.2) is 22.5 Å². The Balaban J connectivity index is 2.64. The second-order valence-electron chi connectivity index (χ2n) is 5.95. The smallest absolute Gasteiger partial charge is 0.303 e. The van der Waals surface area contributed by atoms with Crippen molar-refractivity contribution in [1.29, 1.82) is 0 Å². The Morgan fingerprint density at radius 1 is 1.24 bits per heavy atom. The van der Waals surface area contributed by atoms with E-state index >= 15 is 0 Å². The molecular weight excluding hydrogens is 268 g/mol. The summed E-state index contributed by atoms with van der Waals surface area (Å²) in [6.07, 6.45) is 1.30. The van der Waals surface area contributed by atoms with Crippen LogP contribution in [0, 0.1) is 0 Å². The first-order chi connectivity index (χ1) is 9.78. The maximum absolute atomic E-state index is 12.0. The summed E-state index contributed by atoms with van der Waals surface area (Å²) < 4.78 is 0. The molecule has 0 saturated heterocycles. The molecule has 1 aromatic rings. The number of nitrogens with one attached hydrogen (secondary N) is 1. The highest BCUT2D eigenvalue weighted by Crippen LogP contribution is 2.19. The zero-order chi connectivity index (χ0) is 15.9. The monoisotopic (exact) mass is 292 g/mol. The molecule has 0 aliphatic carbocycles. The quantitative estimate of drug-likeness (QED) is 0.685. The molecular formula is C16H24N2O3. The number of carboxylic acid groups (broad SMARTS) is 1. The van der Waals surface area contributed by atoms with Gasteiger partial charge >= 0.3 is 5.97 Å². The Morgan fingerprint density at radius 2 is 1.86 bits per heavy atom. The second-order valence-corrected chi connectivity index (χ2v) is 5.95. The van der Waals surface area contributed by atoms with Gasteiger partial charge in [-0.2, -0.15) is 0 Å². The van der Waals surface area contributed by atoms with Gasteiger partial charge in [0.2, 0.25) is 5.91 Å². The minimum atomic E-state index is -0.867. The molecule has 116 valence electrons. The minimum Gasteiger partial charge on any atom is -0.481 e. The number of rotatable bonds is 8. The summed E-state index contributed by atoms with van der Waals surface area (Å²) >= 11 is 0. The molecule has 0 bridgehead atoms. The predicted octanol–water partition coefficient (Wildman–Crippen LogP) is 2.23. The molecule has 0 radical (unpaired) electrons. The van der Waals surface area contributed by atoms with Crippen LogP contribution in [-0.2, 0) is 9.59 Å². The lowest BCUT2D eigenvalue weighted by atomic mass is 9.98. The van der Waals surface area contributed by atoms with E-state index in [1.807, 2.05) is 44.2 Å². The molecule has 0 spiro atoms. The maximum Gasteiger partial charge on any atom is 0.303 e. The Bertz CT molecular complexity index is 466. The second kappa shape index (κ2) is 7.78. The van der Waals surface area contributed by atoms with Gasteiger partial charge in [-0.1, -0.05) is 30.3 Å². The predicted molar refractivity (Wildman–Crippen MR) is 81.7 cm³/mol. The van der Waals surface area contributed by atoms with Gasteiger partial charge in [-0.05, 0) is 32.3 Å². The van der Waals surface area contributed by atoms with Crippen LogP contribution in [0.1, 0.15) is 51.1 Å². The first-order valence-corrected chi connectivity index (χ1v) is 7.13. The van der Waals surface area contributed by atoms with E-state index in [0.29, 0.717) is 19.3 Å². The zero-order valence-corrected chi connectivity index (χ0v) is 12.6. The lowest BCUT2D eigenvalue weighted by molar-refractivity contribution is -0.137. The van der Waals surface area contributed by atoms with Gasteiger partial charge in [-0.25, -0.2) is 0 Å². The highest BCUT2D eigenvalue weighted by molar-refractivity contribution is 5.76. The number of aliphatic carboxylic acids is 1. The molecule has 1 unspecified atom stereocenters. The van der Waals surface area contributed by atoms with Gasteiger partial charge in [0.15, 0.2) is 0 Å². The van der Waals surface area contributed by atoms with Gasteiger partial charge in [0.1, 0.15) is 0 Å². The van der Waals surface area contributed by atoms with Crippen molar-refractivity contribution in [2.24, 2.45) is 5.73 Å². The Morgan fingerprint density at radius 3 is 2.38 bits per heavy atom. The topological polar surface area (TPSA) is 92.4 Å². The van der Waals surface area contributed by atoms with E-state index in [0.717, 1.165) is 5.56 Å². The number of amides is 1. The number of carbonyl (C=O) groups excluding carboxylic acids is 1. The first-order valence-electron chi connectivity index (χ1n) is 7.13. The molecule has 0 aromatic heterocycles. The third-order valence-corrected chi connectivity index (χ3v) is 3.18. The third kappa shape index (κ3) is 7.46. The lowest BCUT2D eigenvalue weighted by Crippen LogP contribution is -2.35. The molecule has 0 heterocycles. The molecule has 21 heavy (non-hydrogen) atoms. The standard InChI is InChI=1S/C16H24N2O3/c1-16(2,17)11-10-14(19)18-13(8-9-15(20)21)12-6-4-3-5-7-12/h3-7,13H,8-11,17H2,1-2H3,(H,18,19)(H,20,21). The van der Waals surface area contributed by atoms with Gasteiger partial charge < -0.3 is 16.2 Å². The Labute approximate surface area is 125 Å². The fourth-order valence-corrected chi connectivity index (χ4v) is 1.98. The fourth-order valence-electron chi connectivity index (χ4n) is 1.98. The van der Waals surface area contributed by atoms with Crippen molar-refractivity contribution in [2.75, 3.05) is 0 Å². The molecule has 1 atom stereocenters. The minimum absolute atomic E-state index is 0.0161. The van der Waals surface area contributed by atoms with Gasteiger partial charge in [0.25, 0.3) is 0 Å². The van der Waals surface area contributed by atoms with E-state index < -0.39 is 5.97 Å². The number of hydrogen-bond donors (Lipinski definition) is 3. The van der Waals surface area contributed by atoms with Gasteiger partial charge in [0.05, 0.1) is 6.04 Å². The zero-order valence-electron chi connectivity index (χ0n) is 12.6. The highest BCUT2D eigenvalue weighted by atomic mass is 16.4. The van der Waals surface area contributed by atoms with Gasteiger partial charge in [-0.15, -0.1) is 0 Å². The first kappa shape index (κ1) is 17.2. The average molecular weight is 292 g/mol. The maximum atomic E-state index is 12.0. The largest absolute Gasteiger partial charge is 0.481 e. The van der Waals surface area contributed by atoms with Crippen molar-refractivity contribution in [3.8, 4) is 0 Å². The molecule has 0 aliphatic rings. The molecule has 1 rings (SSSR count). The van der Waals surface area contributed by atoms with E-state index in [1.165, 1.54) is 0 Å². The number of carboxylic acids is 1. The third-order valence-electron chi connectivity index (χ3n) is 3.18. The highest BCUT2D eigenvalue weighted by Gasteiger charge is 2.18. The number of nitrogens with two attached hydrogens (primary N) is 1. The molecule has 1 aromatic carbocycles. The van der Waals surface area contributed by atoms with E-state index in [2.05, 4.69) is 5.32 Å². The van der Waals surface area contributed by atoms with Crippen LogP contribution >= 0.6 is 0 Å². The van der Waals surface area contributed by atoms with E-state index in [4.69, 9.17) is 10.8 Å². The van der Waals surface area contributed by atoms with Crippen molar-refractivity contribution in [3.05, 3.63) is 35.9 Å². The van der Waals surface area contributed by atoms with Crippen LogP contribution in [0.15, 0.2) is 30.3 Å². The Kier molecular flexibility index (Phi) is 6.37. The molecule has 5 heteroatoms. The van der Waals surface area contributed by atoms with E-state index in [9.17, 15) is 9.59 Å². The summed E-state index contributed by atoms with van der Waals surface area (Å²) in [5.74, 6) is -0.971. The molecule has 0 fully saturated rings. The summed E-state index contributed by atoms with van der Waals surface area (Å²) in [4.78, 5) is 22.8. The van der Waals surface area contributed by atoms with Crippen LogP contribution in [0.3, 0.4) is 0 Å². The summed E-state index contributed by atoms with van der Waals surface area (Å²) in [6, 6.07) is 9.13. The summed E-state index contributed by atoms with van der Waals surface area (Å²) in [5, 5.41) is 11.7. The normalized spacial score (nSPS) is 12.7. The molecule has 4 N–H and O–H groups in total. The Hall–Kier alpha value is -1.88. The van der Waals surface area contributed by atoms with E-state index in [1.54, 1.807) is 0 Å². The van der Waals surface area contributed by atoms with Crippen molar-refractivity contribution in [2.45, 2.75) is 51.1 Å². The number of hydrogen-bond acceptors (Lipinski definition) is 3. The van der Waals surface area contributed by atoms with Crippen LogP contribution < -0.4 is 11.1 Å². The number of benzene rings is 1. The molecule has 0 saturated carbocycles. The van der Waals surface area contributed by atoms with Crippen molar-refractivity contribution in [3.63, 3.8) is 0 Å². The lowest BCUT2D eigenvalue weighted by Gasteiger charge is -2.21. The molecule has 0 aliphatic heterocycles. The fraction of sp³-hybridized carbons (Fsp3) is 0.500. The van der Waals surface area contributed by atoms with Crippen molar-refractivity contribution >= 4 is 11.9 Å². The van der Waals surface area contributed by atoms with Crippen LogP contribution in [0.25, 0.3) is 0 Å².